The second-order valence-corrected chi connectivity index (χ2v) is 5.68. The van der Waals surface area contributed by atoms with Crippen LogP contribution in [-0.4, -0.2) is 51.2 Å². The molecule has 2 amide bonds. The van der Waals surface area contributed by atoms with Gasteiger partial charge in [0.05, 0.1) is 0 Å². The van der Waals surface area contributed by atoms with Gasteiger partial charge in [0, 0.05) is 13.7 Å². The van der Waals surface area contributed by atoms with Crippen molar-refractivity contribution in [1.29, 1.82) is 0 Å². The van der Waals surface area contributed by atoms with Crippen LogP contribution in [0.1, 0.15) is 26.7 Å². The molecule has 0 saturated carbocycles. The van der Waals surface area contributed by atoms with Crippen LogP contribution in [0.3, 0.4) is 0 Å². The molecule has 20 heavy (non-hydrogen) atoms. The Balaban J connectivity index is 2.40. The van der Waals surface area contributed by atoms with Crippen molar-refractivity contribution in [3.8, 4) is 0 Å². The van der Waals surface area contributed by atoms with Crippen molar-refractivity contribution in [2.45, 2.75) is 32.7 Å². The summed E-state index contributed by atoms with van der Waals surface area (Å²) in [6, 6.07) is -0.505. The molecule has 1 aliphatic rings. The van der Waals surface area contributed by atoms with Crippen LogP contribution in [0.2, 0.25) is 0 Å². The van der Waals surface area contributed by atoms with Gasteiger partial charge in [-0.2, -0.15) is 0 Å². The van der Waals surface area contributed by atoms with Crippen molar-refractivity contribution in [1.82, 2.24) is 16.0 Å². The summed E-state index contributed by atoms with van der Waals surface area (Å²) >= 11 is 0. The molecule has 1 saturated heterocycles. The highest BCUT2D eigenvalue weighted by molar-refractivity contribution is 5.88. The summed E-state index contributed by atoms with van der Waals surface area (Å²) in [6.07, 6.45) is 2.29. The van der Waals surface area contributed by atoms with E-state index in [0.29, 0.717) is 12.5 Å². The van der Waals surface area contributed by atoms with Crippen LogP contribution in [0.15, 0.2) is 0 Å². The predicted octanol–water partition coefficient (Wildman–Crippen LogP) is -0.111. The first-order valence-corrected chi connectivity index (χ1v) is 7.31. The van der Waals surface area contributed by atoms with Gasteiger partial charge in [0.15, 0.2) is 0 Å². The highest BCUT2D eigenvalue weighted by Crippen LogP contribution is 2.09. The number of piperidine rings is 1. The van der Waals surface area contributed by atoms with Crippen molar-refractivity contribution < 1.29 is 14.3 Å². The van der Waals surface area contributed by atoms with Crippen LogP contribution in [-0.2, 0) is 14.3 Å². The first-order chi connectivity index (χ1) is 9.54. The summed E-state index contributed by atoms with van der Waals surface area (Å²) in [4.78, 5) is 23.7. The molecule has 6 nitrogen and oxygen atoms in total. The molecule has 0 radical (unpaired) electrons. The van der Waals surface area contributed by atoms with E-state index in [1.807, 2.05) is 13.8 Å². The second-order valence-electron chi connectivity index (χ2n) is 5.68. The number of rotatable bonds is 7. The van der Waals surface area contributed by atoms with E-state index in [4.69, 9.17) is 4.74 Å². The van der Waals surface area contributed by atoms with E-state index >= 15 is 0 Å². The molecule has 3 N–H and O–H groups in total. The molecular formula is C14H27N3O3. The molecule has 0 aromatic heterocycles. The van der Waals surface area contributed by atoms with Crippen LogP contribution in [0.4, 0.5) is 0 Å². The fourth-order valence-corrected chi connectivity index (χ4v) is 2.33. The third-order valence-corrected chi connectivity index (χ3v) is 3.50. The van der Waals surface area contributed by atoms with Crippen molar-refractivity contribution >= 4 is 11.8 Å². The number of methoxy groups -OCH3 is 1. The summed E-state index contributed by atoms with van der Waals surface area (Å²) in [5, 5.41) is 8.98. The zero-order chi connectivity index (χ0) is 15.0. The van der Waals surface area contributed by atoms with Gasteiger partial charge in [-0.3, -0.25) is 9.59 Å². The van der Waals surface area contributed by atoms with Gasteiger partial charge in [-0.05, 0) is 37.8 Å². The molecule has 1 unspecified atom stereocenters. The van der Waals surface area contributed by atoms with E-state index in [0.717, 1.165) is 25.9 Å². The van der Waals surface area contributed by atoms with Crippen LogP contribution >= 0.6 is 0 Å². The SMILES string of the molecule is COCC(=O)N[C@H](C(=O)NCC1CCCNC1)C(C)C. The lowest BCUT2D eigenvalue weighted by Crippen LogP contribution is -2.51. The lowest BCUT2D eigenvalue weighted by atomic mass is 9.99. The zero-order valence-corrected chi connectivity index (χ0v) is 12.7. The van der Waals surface area contributed by atoms with E-state index < -0.39 is 6.04 Å². The Hall–Kier alpha value is -1.14. The monoisotopic (exact) mass is 285 g/mol. The van der Waals surface area contributed by atoms with Crippen molar-refractivity contribution in [3.63, 3.8) is 0 Å². The average Bonchev–Trinajstić information content (AvgIpc) is 2.43. The summed E-state index contributed by atoms with van der Waals surface area (Å²) in [7, 11) is 1.46. The Morgan fingerprint density at radius 3 is 2.70 bits per heavy atom. The van der Waals surface area contributed by atoms with Gasteiger partial charge < -0.3 is 20.7 Å². The van der Waals surface area contributed by atoms with E-state index in [1.165, 1.54) is 7.11 Å². The minimum absolute atomic E-state index is 0.0248. The van der Waals surface area contributed by atoms with Crippen molar-refractivity contribution in [2.24, 2.45) is 11.8 Å². The Morgan fingerprint density at radius 1 is 1.40 bits per heavy atom. The molecule has 1 aliphatic heterocycles. The zero-order valence-electron chi connectivity index (χ0n) is 12.7. The molecule has 0 spiro atoms. The van der Waals surface area contributed by atoms with E-state index in [-0.39, 0.29) is 24.3 Å². The van der Waals surface area contributed by atoms with E-state index in [2.05, 4.69) is 16.0 Å². The van der Waals surface area contributed by atoms with Crippen LogP contribution < -0.4 is 16.0 Å². The molecule has 1 heterocycles. The van der Waals surface area contributed by atoms with E-state index in [1.54, 1.807) is 0 Å². The smallest absolute Gasteiger partial charge is 0.246 e. The number of hydrogen-bond donors (Lipinski definition) is 3. The highest BCUT2D eigenvalue weighted by atomic mass is 16.5. The lowest BCUT2D eigenvalue weighted by Gasteiger charge is -2.26. The fourth-order valence-electron chi connectivity index (χ4n) is 2.33. The highest BCUT2D eigenvalue weighted by Gasteiger charge is 2.24. The predicted molar refractivity (Wildman–Crippen MR) is 77.2 cm³/mol. The maximum Gasteiger partial charge on any atom is 0.246 e. The van der Waals surface area contributed by atoms with Gasteiger partial charge in [0.2, 0.25) is 11.8 Å². The second kappa shape index (κ2) is 8.92. The molecule has 0 aromatic rings. The summed E-state index contributed by atoms with van der Waals surface area (Å²) in [6.45, 7) is 6.48. The number of ether oxygens (including phenoxy) is 1. The van der Waals surface area contributed by atoms with Gasteiger partial charge in [-0.1, -0.05) is 13.8 Å². The van der Waals surface area contributed by atoms with E-state index in [9.17, 15) is 9.59 Å². The Kier molecular flexibility index (Phi) is 7.54. The molecule has 1 rings (SSSR count). The Labute approximate surface area is 121 Å². The molecule has 1 fully saturated rings. The molecule has 0 aliphatic carbocycles. The largest absolute Gasteiger partial charge is 0.375 e. The third kappa shape index (κ3) is 5.88. The molecule has 6 heteroatoms. The number of amides is 2. The molecule has 116 valence electrons. The average molecular weight is 285 g/mol. The minimum Gasteiger partial charge on any atom is -0.375 e. The summed E-state index contributed by atoms with van der Waals surface area (Å²) in [5.41, 5.74) is 0. The molecule has 2 atom stereocenters. The minimum atomic E-state index is -0.505. The van der Waals surface area contributed by atoms with Gasteiger partial charge in [0.25, 0.3) is 0 Å². The maximum atomic E-state index is 12.2. The quantitative estimate of drug-likeness (QED) is 0.610. The van der Waals surface area contributed by atoms with Crippen LogP contribution in [0, 0.1) is 11.8 Å². The van der Waals surface area contributed by atoms with Crippen molar-refractivity contribution in [2.75, 3.05) is 33.4 Å². The Morgan fingerprint density at radius 2 is 2.15 bits per heavy atom. The topological polar surface area (TPSA) is 79.5 Å². The number of carbonyl (C=O) groups excluding carboxylic acids is 2. The van der Waals surface area contributed by atoms with Gasteiger partial charge in [-0.15, -0.1) is 0 Å². The molecule has 0 bridgehead atoms. The number of carbonyl (C=O) groups is 2. The van der Waals surface area contributed by atoms with Crippen LogP contribution in [0.5, 0.6) is 0 Å². The van der Waals surface area contributed by atoms with Gasteiger partial charge >= 0.3 is 0 Å². The number of hydrogen-bond acceptors (Lipinski definition) is 4. The lowest BCUT2D eigenvalue weighted by molar-refractivity contribution is -0.132. The third-order valence-electron chi connectivity index (χ3n) is 3.50. The number of nitrogens with one attached hydrogen (secondary N) is 3. The molecule has 0 aromatic carbocycles. The first kappa shape index (κ1) is 16.9. The summed E-state index contributed by atoms with van der Waals surface area (Å²) < 4.78 is 4.77. The van der Waals surface area contributed by atoms with Crippen molar-refractivity contribution in [3.05, 3.63) is 0 Å². The summed E-state index contributed by atoms with van der Waals surface area (Å²) in [5.74, 6) is 0.145. The normalized spacial score (nSPS) is 20.5. The maximum absolute atomic E-state index is 12.2. The fraction of sp³-hybridized carbons (Fsp3) is 0.857. The molecular weight excluding hydrogens is 258 g/mol. The van der Waals surface area contributed by atoms with Crippen LogP contribution in [0.25, 0.3) is 0 Å². The first-order valence-electron chi connectivity index (χ1n) is 7.31. The van der Waals surface area contributed by atoms with Gasteiger partial charge in [0.1, 0.15) is 12.6 Å². The Bertz CT molecular complexity index is 315. The standard InChI is InChI=1S/C14H27N3O3/c1-10(2)13(17-12(18)9-20-3)14(19)16-8-11-5-4-6-15-7-11/h10-11,13,15H,4-9H2,1-3H3,(H,16,19)(H,17,18)/t11?,13-/m0/s1. The van der Waals surface area contributed by atoms with Gasteiger partial charge in [-0.25, -0.2) is 0 Å².